The van der Waals surface area contributed by atoms with Gasteiger partial charge in [-0.15, -0.1) is 12.4 Å². The second-order valence-electron chi connectivity index (χ2n) is 6.61. The van der Waals surface area contributed by atoms with E-state index in [1.165, 1.54) is 6.42 Å². The molecule has 1 aromatic carbocycles. The quantitative estimate of drug-likeness (QED) is 0.869. The minimum atomic E-state index is 0. The minimum Gasteiger partial charge on any atom is -0.492 e. The summed E-state index contributed by atoms with van der Waals surface area (Å²) >= 11 is 0. The van der Waals surface area contributed by atoms with E-state index in [0.29, 0.717) is 13.2 Å². The standard InChI is InChI=1S/C17H26N2O2.ClH/c1-17(2)9-3-4-13(12-17)16(20)19-14-5-7-15(8-6-14)21-11-10-18;/h5-8,13H,3-4,9-12,18H2,1-2H3,(H,19,20);1H. The normalized spacial score (nSPS) is 19.9. The smallest absolute Gasteiger partial charge is 0.227 e. The molecule has 124 valence electrons. The Morgan fingerprint density at radius 2 is 2.05 bits per heavy atom. The van der Waals surface area contributed by atoms with E-state index < -0.39 is 0 Å². The molecule has 5 heteroatoms. The molecule has 1 fully saturated rings. The monoisotopic (exact) mass is 326 g/mol. The summed E-state index contributed by atoms with van der Waals surface area (Å²) in [7, 11) is 0. The van der Waals surface area contributed by atoms with Crippen LogP contribution in [-0.4, -0.2) is 19.1 Å². The fourth-order valence-corrected chi connectivity index (χ4v) is 2.98. The van der Waals surface area contributed by atoms with Gasteiger partial charge in [0.25, 0.3) is 0 Å². The molecule has 1 atom stereocenters. The van der Waals surface area contributed by atoms with Gasteiger partial charge in [0, 0.05) is 18.2 Å². The van der Waals surface area contributed by atoms with Crippen LogP contribution in [0.25, 0.3) is 0 Å². The SMILES string of the molecule is CC1(C)CCCC(C(=O)Nc2ccc(OCCN)cc2)C1.Cl. The fraction of sp³-hybridized carbons (Fsp3) is 0.588. The first kappa shape index (κ1) is 18.8. The highest BCUT2D eigenvalue weighted by Crippen LogP contribution is 2.38. The van der Waals surface area contributed by atoms with E-state index in [-0.39, 0.29) is 29.6 Å². The third kappa shape index (κ3) is 5.50. The molecule has 1 unspecified atom stereocenters. The van der Waals surface area contributed by atoms with E-state index in [1.807, 2.05) is 24.3 Å². The maximum atomic E-state index is 12.4. The van der Waals surface area contributed by atoms with Crippen molar-refractivity contribution in [3.63, 3.8) is 0 Å². The Kier molecular flexibility index (Phi) is 7.17. The lowest BCUT2D eigenvalue weighted by molar-refractivity contribution is -0.122. The molecule has 0 spiro atoms. The van der Waals surface area contributed by atoms with Crippen LogP contribution in [-0.2, 0) is 4.79 Å². The van der Waals surface area contributed by atoms with Gasteiger partial charge in [0.05, 0.1) is 0 Å². The van der Waals surface area contributed by atoms with Crippen molar-refractivity contribution in [2.45, 2.75) is 39.5 Å². The third-order valence-electron chi connectivity index (χ3n) is 4.08. The zero-order chi connectivity index (χ0) is 15.3. The zero-order valence-corrected chi connectivity index (χ0v) is 14.2. The molecule has 1 saturated carbocycles. The number of rotatable bonds is 5. The number of carbonyl (C=O) groups is 1. The number of nitrogens with one attached hydrogen (secondary N) is 1. The molecule has 1 aromatic rings. The van der Waals surface area contributed by atoms with E-state index in [4.69, 9.17) is 10.5 Å². The van der Waals surface area contributed by atoms with Gasteiger partial charge in [-0.2, -0.15) is 0 Å². The lowest BCUT2D eigenvalue weighted by Gasteiger charge is -2.34. The maximum Gasteiger partial charge on any atom is 0.227 e. The molecular weight excluding hydrogens is 300 g/mol. The summed E-state index contributed by atoms with van der Waals surface area (Å²) in [6.07, 6.45) is 4.31. The predicted molar refractivity (Wildman–Crippen MR) is 92.6 cm³/mol. The Hall–Kier alpha value is -1.26. The topological polar surface area (TPSA) is 64.3 Å². The van der Waals surface area contributed by atoms with Crippen LogP contribution in [0.2, 0.25) is 0 Å². The van der Waals surface area contributed by atoms with Crippen LogP contribution in [0.1, 0.15) is 39.5 Å². The summed E-state index contributed by atoms with van der Waals surface area (Å²) in [6.45, 7) is 5.49. The first-order chi connectivity index (χ1) is 10.00. The van der Waals surface area contributed by atoms with Crippen LogP contribution in [0, 0.1) is 11.3 Å². The molecule has 0 aliphatic heterocycles. The molecule has 0 aromatic heterocycles. The summed E-state index contributed by atoms with van der Waals surface area (Å²) in [5.74, 6) is 1.04. The molecule has 4 nitrogen and oxygen atoms in total. The van der Waals surface area contributed by atoms with Gasteiger partial charge in [0.15, 0.2) is 0 Å². The van der Waals surface area contributed by atoms with Crippen LogP contribution in [0.3, 0.4) is 0 Å². The van der Waals surface area contributed by atoms with Gasteiger partial charge in [-0.1, -0.05) is 20.3 Å². The number of amides is 1. The van der Waals surface area contributed by atoms with Crippen molar-refractivity contribution in [3.05, 3.63) is 24.3 Å². The predicted octanol–water partition coefficient (Wildman–Crippen LogP) is 3.60. The van der Waals surface area contributed by atoms with Crippen LogP contribution in [0.4, 0.5) is 5.69 Å². The van der Waals surface area contributed by atoms with Gasteiger partial charge < -0.3 is 15.8 Å². The van der Waals surface area contributed by atoms with Gasteiger partial charge in [0.2, 0.25) is 5.91 Å². The molecule has 2 rings (SSSR count). The van der Waals surface area contributed by atoms with E-state index in [0.717, 1.165) is 30.7 Å². The third-order valence-corrected chi connectivity index (χ3v) is 4.08. The number of anilines is 1. The van der Waals surface area contributed by atoms with Crippen LogP contribution in [0.5, 0.6) is 5.75 Å². The number of hydrogen-bond acceptors (Lipinski definition) is 3. The summed E-state index contributed by atoms with van der Waals surface area (Å²) < 4.78 is 5.42. The van der Waals surface area contributed by atoms with E-state index in [2.05, 4.69) is 19.2 Å². The van der Waals surface area contributed by atoms with E-state index in [1.54, 1.807) is 0 Å². The highest BCUT2D eigenvalue weighted by atomic mass is 35.5. The molecule has 0 saturated heterocycles. The Morgan fingerprint density at radius 3 is 2.64 bits per heavy atom. The van der Waals surface area contributed by atoms with Gasteiger partial charge in [-0.05, 0) is 48.9 Å². The molecular formula is C17H27ClN2O2. The molecule has 22 heavy (non-hydrogen) atoms. The number of nitrogens with two attached hydrogens (primary N) is 1. The van der Waals surface area contributed by atoms with Crippen LogP contribution in [0.15, 0.2) is 24.3 Å². The van der Waals surface area contributed by atoms with Gasteiger partial charge >= 0.3 is 0 Å². The Morgan fingerprint density at radius 1 is 1.36 bits per heavy atom. The van der Waals surface area contributed by atoms with Crippen molar-refractivity contribution >= 4 is 24.0 Å². The first-order valence-corrected chi connectivity index (χ1v) is 7.74. The number of ether oxygens (including phenoxy) is 1. The second kappa shape index (κ2) is 8.39. The Bertz CT molecular complexity index is 474. The highest BCUT2D eigenvalue weighted by Gasteiger charge is 2.31. The average molecular weight is 327 g/mol. The average Bonchev–Trinajstić information content (AvgIpc) is 2.45. The van der Waals surface area contributed by atoms with Crippen molar-refractivity contribution in [1.29, 1.82) is 0 Å². The van der Waals surface area contributed by atoms with Gasteiger partial charge in [-0.3, -0.25) is 4.79 Å². The molecule has 0 bridgehead atoms. The Labute approximate surface area is 139 Å². The summed E-state index contributed by atoms with van der Waals surface area (Å²) in [6, 6.07) is 7.46. The molecule has 0 radical (unpaired) electrons. The van der Waals surface area contributed by atoms with Crippen molar-refractivity contribution in [2.24, 2.45) is 17.1 Å². The maximum absolute atomic E-state index is 12.4. The summed E-state index contributed by atoms with van der Waals surface area (Å²) in [5.41, 5.74) is 6.50. The van der Waals surface area contributed by atoms with Crippen molar-refractivity contribution in [2.75, 3.05) is 18.5 Å². The molecule has 1 amide bonds. The van der Waals surface area contributed by atoms with Crippen LogP contribution < -0.4 is 15.8 Å². The minimum absolute atomic E-state index is 0. The van der Waals surface area contributed by atoms with Crippen molar-refractivity contribution < 1.29 is 9.53 Å². The fourth-order valence-electron chi connectivity index (χ4n) is 2.98. The highest BCUT2D eigenvalue weighted by molar-refractivity contribution is 5.92. The van der Waals surface area contributed by atoms with Gasteiger partial charge in [0.1, 0.15) is 12.4 Å². The zero-order valence-electron chi connectivity index (χ0n) is 13.4. The molecule has 3 N–H and O–H groups in total. The largest absolute Gasteiger partial charge is 0.492 e. The van der Waals surface area contributed by atoms with Crippen LogP contribution >= 0.6 is 12.4 Å². The number of carbonyl (C=O) groups excluding carboxylic acids is 1. The Balaban J connectivity index is 0.00000242. The first-order valence-electron chi connectivity index (χ1n) is 7.74. The number of halogens is 1. The lowest BCUT2D eigenvalue weighted by atomic mass is 9.72. The van der Waals surface area contributed by atoms with E-state index >= 15 is 0 Å². The lowest BCUT2D eigenvalue weighted by Crippen LogP contribution is -2.31. The molecule has 0 heterocycles. The number of benzene rings is 1. The molecule has 1 aliphatic rings. The summed E-state index contributed by atoms with van der Waals surface area (Å²) in [4.78, 5) is 12.4. The van der Waals surface area contributed by atoms with Crippen molar-refractivity contribution in [3.8, 4) is 5.75 Å². The van der Waals surface area contributed by atoms with E-state index in [9.17, 15) is 4.79 Å². The summed E-state index contributed by atoms with van der Waals surface area (Å²) in [5, 5.41) is 3.01. The van der Waals surface area contributed by atoms with Crippen molar-refractivity contribution in [1.82, 2.24) is 0 Å². The van der Waals surface area contributed by atoms with Gasteiger partial charge in [-0.25, -0.2) is 0 Å². The second-order valence-corrected chi connectivity index (χ2v) is 6.61. The number of hydrogen-bond donors (Lipinski definition) is 2. The molecule has 1 aliphatic carbocycles.